The highest BCUT2D eigenvalue weighted by molar-refractivity contribution is 6.31. The lowest BCUT2D eigenvalue weighted by atomic mass is 10.2. The SMILES string of the molecule is Cc1nn(C)c(Cl)c1/C=C/C(=O)NCC(=O)NCc1ccco1. The zero-order valence-electron chi connectivity index (χ0n) is 12.8. The van der Waals surface area contributed by atoms with E-state index in [1.807, 2.05) is 0 Å². The maximum atomic E-state index is 11.7. The monoisotopic (exact) mass is 336 g/mol. The first-order valence-corrected chi connectivity index (χ1v) is 7.29. The molecule has 8 heteroatoms. The Morgan fingerprint density at radius 3 is 2.83 bits per heavy atom. The van der Waals surface area contributed by atoms with E-state index in [2.05, 4.69) is 15.7 Å². The van der Waals surface area contributed by atoms with Crippen molar-refractivity contribution in [3.8, 4) is 0 Å². The second-order valence-electron chi connectivity index (χ2n) is 4.82. The Morgan fingerprint density at radius 1 is 1.43 bits per heavy atom. The minimum absolute atomic E-state index is 0.121. The molecular formula is C15H17ClN4O3. The van der Waals surface area contributed by atoms with Gasteiger partial charge in [0.25, 0.3) is 0 Å². The molecule has 0 bridgehead atoms. The molecule has 0 spiro atoms. The van der Waals surface area contributed by atoms with Crippen molar-refractivity contribution >= 4 is 29.5 Å². The Hall–Kier alpha value is -2.54. The Labute approximate surface area is 138 Å². The third-order valence-corrected chi connectivity index (χ3v) is 3.51. The molecule has 7 nitrogen and oxygen atoms in total. The van der Waals surface area contributed by atoms with E-state index in [0.29, 0.717) is 16.5 Å². The van der Waals surface area contributed by atoms with Crippen LogP contribution >= 0.6 is 11.6 Å². The summed E-state index contributed by atoms with van der Waals surface area (Å²) in [6, 6.07) is 3.49. The minimum Gasteiger partial charge on any atom is -0.467 e. The number of rotatable bonds is 6. The molecule has 0 aliphatic heterocycles. The van der Waals surface area contributed by atoms with Crippen LogP contribution in [0.25, 0.3) is 6.08 Å². The number of hydrogen-bond acceptors (Lipinski definition) is 4. The number of halogens is 1. The lowest BCUT2D eigenvalue weighted by Crippen LogP contribution is -2.35. The zero-order valence-corrected chi connectivity index (χ0v) is 13.6. The average molecular weight is 337 g/mol. The van der Waals surface area contributed by atoms with Gasteiger partial charge >= 0.3 is 0 Å². The van der Waals surface area contributed by atoms with E-state index in [1.54, 1.807) is 32.2 Å². The summed E-state index contributed by atoms with van der Waals surface area (Å²) in [6.45, 7) is 1.96. The highest BCUT2D eigenvalue weighted by atomic mass is 35.5. The van der Waals surface area contributed by atoms with Crippen LogP contribution in [0.3, 0.4) is 0 Å². The van der Waals surface area contributed by atoms with Crippen LogP contribution in [0.4, 0.5) is 0 Å². The molecule has 2 aromatic heterocycles. The number of nitrogens with one attached hydrogen (secondary N) is 2. The van der Waals surface area contributed by atoms with Crippen molar-refractivity contribution in [2.75, 3.05) is 6.54 Å². The van der Waals surface area contributed by atoms with Gasteiger partial charge in [-0.3, -0.25) is 14.3 Å². The van der Waals surface area contributed by atoms with Gasteiger partial charge in [-0.2, -0.15) is 5.10 Å². The van der Waals surface area contributed by atoms with Gasteiger partial charge < -0.3 is 15.1 Å². The molecule has 0 aromatic carbocycles. The molecule has 0 atom stereocenters. The quantitative estimate of drug-likeness (QED) is 0.781. The van der Waals surface area contributed by atoms with E-state index in [-0.39, 0.29) is 19.0 Å². The third kappa shape index (κ3) is 4.72. The Kier molecular flexibility index (Phi) is 5.59. The largest absolute Gasteiger partial charge is 0.467 e. The van der Waals surface area contributed by atoms with E-state index in [0.717, 1.165) is 5.69 Å². The average Bonchev–Trinajstić information content (AvgIpc) is 3.11. The van der Waals surface area contributed by atoms with Gasteiger partial charge in [-0.1, -0.05) is 11.6 Å². The first-order chi connectivity index (χ1) is 11.0. The number of hydrogen-bond donors (Lipinski definition) is 2. The van der Waals surface area contributed by atoms with Gasteiger partial charge in [0.1, 0.15) is 10.9 Å². The summed E-state index contributed by atoms with van der Waals surface area (Å²) < 4.78 is 6.61. The molecular weight excluding hydrogens is 320 g/mol. The fraction of sp³-hybridized carbons (Fsp3) is 0.267. The van der Waals surface area contributed by atoms with Crippen molar-refractivity contribution in [1.82, 2.24) is 20.4 Å². The number of nitrogens with zero attached hydrogens (tertiary/aromatic N) is 2. The zero-order chi connectivity index (χ0) is 16.8. The first kappa shape index (κ1) is 16.8. The van der Waals surface area contributed by atoms with Crippen LogP contribution in [0.2, 0.25) is 5.15 Å². The van der Waals surface area contributed by atoms with Gasteiger partial charge in [0.15, 0.2) is 0 Å². The fourth-order valence-corrected chi connectivity index (χ4v) is 2.12. The molecule has 2 amide bonds. The normalized spacial score (nSPS) is 10.9. The third-order valence-electron chi connectivity index (χ3n) is 3.06. The van der Waals surface area contributed by atoms with Crippen molar-refractivity contribution in [2.45, 2.75) is 13.5 Å². The van der Waals surface area contributed by atoms with Gasteiger partial charge in [-0.15, -0.1) is 0 Å². The summed E-state index contributed by atoms with van der Waals surface area (Å²) in [7, 11) is 1.72. The maximum Gasteiger partial charge on any atom is 0.244 e. The summed E-state index contributed by atoms with van der Waals surface area (Å²) in [5.74, 6) is -0.0533. The van der Waals surface area contributed by atoms with Crippen molar-refractivity contribution in [3.63, 3.8) is 0 Å². The van der Waals surface area contributed by atoms with Crippen LogP contribution in [-0.2, 0) is 23.2 Å². The number of carbonyl (C=O) groups is 2. The van der Waals surface area contributed by atoms with E-state index < -0.39 is 5.91 Å². The second kappa shape index (κ2) is 7.64. The number of furan rings is 1. The fourth-order valence-electron chi connectivity index (χ4n) is 1.88. The summed E-state index contributed by atoms with van der Waals surface area (Å²) in [5, 5.41) is 9.71. The highest BCUT2D eigenvalue weighted by Crippen LogP contribution is 2.19. The van der Waals surface area contributed by atoms with E-state index >= 15 is 0 Å². The molecule has 2 heterocycles. The van der Waals surface area contributed by atoms with Crippen LogP contribution in [0.15, 0.2) is 28.9 Å². The lowest BCUT2D eigenvalue weighted by molar-refractivity contribution is -0.124. The van der Waals surface area contributed by atoms with Crippen molar-refractivity contribution in [3.05, 3.63) is 46.6 Å². The highest BCUT2D eigenvalue weighted by Gasteiger charge is 2.09. The van der Waals surface area contributed by atoms with E-state index in [1.165, 1.54) is 17.0 Å². The predicted octanol–water partition coefficient (Wildman–Crippen LogP) is 1.42. The molecule has 0 saturated heterocycles. The van der Waals surface area contributed by atoms with Crippen molar-refractivity contribution in [2.24, 2.45) is 7.05 Å². The molecule has 2 aromatic rings. The topological polar surface area (TPSA) is 89.2 Å². The van der Waals surface area contributed by atoms with Gasteiger partial charge in [0.2, 0.25) is 11.8 Å². The Balaban J connectivity index is 1.78. The first-order valence-electron chi connectivity index (χ1n) is 6.91. The van der Waals surface area contributed by atoms with Crippen molar-refractivity contribution < 1.29 is 14.0 Å². The smallest absolute Gasteiger partial charge is 0.244 e. The van der Waals surface area contributed by atoms with Gasteiger partial charge in [-0.05, 0) is 25.1 Å². The Morgan fingerprint density at radius 2 is 2.22 bits per heavy atom. The van der Waals surface area contributed by atoms with Gasteiger partial charge in [0.05, 0.1) is 25.0 Å². The molecule has 0 aliphatic rings. The predicted molar refractivity (Wildman–Crippen MR) is 85.6 cm³/mol. The van der Waals surface area contributed by atoms with Crippen LogP contribution in [0.1, 0.15) is 17.0 Å². The summed E-state index contributed by atoms with van der Waals surface area (Å²) >= 11 is 6.06. The van der Waals surface area contributed by atoms with Crippen LogP contribution in [0.5, 0.6) is 0 Å². The standard InChI is InChI=1S/C15H17ClN4O3/c1-10-12(15(16)20(2)19-10)5-6-13(21)18-9-14(22)17-8-11-4-3-7-23-11/h3-7H,8-9H2,1-2H3,(H,17,22)(H,18,21)/b6-5+. The number of aryl methyl sites for hydroxylation is 2. The molecule has 2 N–H and O–H groups in total. The minimum atomic E-state index is -0.391. The molecule has 0 aliphatic carbocycles. The molecule has 23 heavy (non-hydrogen) atoms. The summed E-state index contributed by atoms with van der Waals surface area (Å²) in [5.41, 5.74) is 1.39. The molecule has 122 valence electrons. The number of amides is 2. The van der Waals surface area contributed by atoms with Crippen molar-refractivity contribution in [1.29, 1.82) is 0 Å². The number of aromatic nitrogens is 2. The van der Waals surface area contributed by atoms with E-state index in [4.69, 9.17) is 16.0 Å². The van der Waals surface area contributed by atoms with E-state index in [9.17, 15) is 9.59 Å². The Bertz CT molecular complexity index is 719. The van der Waals surface area contributed by atoms with Crippen LogP contribution < -0.4 is 10.6 Å². The molecule has 0 saturated carbocycles. The molecule has 0 unspecified atom stereocenters. The molecule has 2 rings (SSSR count). The number of carbonyl (C=O) groups excluding carboxylic acids is 2. The van der Waals surface area contributed by atoms with Crippen LogP contribution in [-0.4, -0.2) is 28.1 Å². The van der Waals surface area contributed by atoms with Crippen LogP contribution in [0, 0.1) is 6.92 Å². The lowest BCUT2D eigenvalue weighted by Gasteiger charge is -2.03. The summed E-state index contributed by atoms with van der Waals surface area (Å²) in [6.07, 6.45) is 4.41. The van der Waals surface area contributed by atoms with Gasteiger partial charge in [-0.25, -0.2) is 0 Å². The maximum absolute atomic E-state index is 11.7. The molecule has 0 fully saturated rings. The molecule has 0 radical (unpaired) electrons. The summed E-state index contributed by atoms with van der Waals surface area (Å²) in [4.78, 5) is 23.3. The van der Waals surface area contributed by atoms with Gasteiger partial charge in [0, 0.05) is 18.7 Å². The second-order valence-corrected chi connectivity index (χ2v) is 5.18.